The van der Waals surface area contributed by atoms with Crippen LogP contribution >= 0.6 is 0 Å². The number of aliphatic hydroxyl groups excluding tert-OH is 4. The second-order valence-electron chi connectivity index (χ2n) is 7.78. The van der Waals surface area contributed by atoms with Gasteiger partial charge >= 0.3 is 0 Å². The lowest BCUT2D eigenvalue weighted by Gasteiger charge is -2.39. The highest BCUT2D eigenvalue weighted by molar-refractivity contribution is 6.16. The molecule has 1 aliphatic heterocycles. The third kappa shape index (κ3) is 3.53. The minimum Gasteiger partial charge on any atom is -0.508 e. The van der Waals surface area contributed by atoms with E-state index in [1.54, 1.807) is 0 Å². The maximum Gasteiger partial charge on any atom is 0.231 e. The van der Waals surface area contributed by atoms with Gasteiger partial charge in [-0.2, -0.15) is 0 Å². The lowest BCUT2D eigenvalue weighted by molar-refractivity contribution is -0.268. The predicted octanol–water partition coefficient (Wildman–Crippen LogP) is 0.718. The summed E-state index contributed by atoms with van der Waals surface area (Å²) in [7, 11) is 0. The van der Waals surface area contributed by atoms with Gasteiger partial charge in [0.05, 0.1) is 11.7 Å². The first kappa shape index (κ1) is 21.9. The number of Topliss-reactive ketones (excluding diaryl/α,β-unsaturated/α-hetero) is 1. The number of ketones is 1. The fourth-order valence-electron chi connectivity index (χ4n) is 3.85. The number of rotatable bonds is 3. The number of allylic oxidation sites excluding steroid dienone is 2. The largest absolute Gasteiger partial charge is 0.508 e. The van der Waals surface area contributed by atoms with Gasteiger partial charge in [-0.1, -0.05) is 12.1 Å². The first-order valence-corrected chi connectivity index (χ1v) is 9.80. The molecule has 1 fully saturated rings. The fraction of sp³-hybridized carbons (Fsp3) is 0.318. The SMILES string of the molecule is C[C@@H]1O[C@@H](Oc2cc(O)c3c(c2O)CC(c2ccc(O)cc2)=C(O)C3=O)[C@H](O)[C@H](O)[C@H]1O. The van der Waals surface area contributed by atoms with E-state index in [1.165, 1.54) is 31.2 Å². The quantitative estimate of drug-likeness (QED) is 0.332. The lowest BCUT2D eigenvalue weighted by atomic mass is 9.84. The minimum absolute atomic E-state index is 0.0138. The van der Waals surface area contributed by atoms with Gasteiger partial charge in [-0.25, -0.2) is 0 Å². The van der Waals surface area contributed by atoms with Crippen LogP contribution < -0.4 is 4.74 Å². The number of benzene rings is 2. The Labute approximate surface area is 181 Å². The van der Waals surface area contributed by atoms with Gasteiger partial charge < -0.3 is 45.2 Å². The van der Waals surface area contributed by atoms with Crippen LogP contribution in [0.5, 0.6) is 23.0 Å². The molecule has 0 aromatic heterocycles. The van der Waals surface area contributed by atoms with E-state index in [-0.39, 0.29) is 34.6 Å². The molecule has 2 aliphatic rings. The number of phenolic OH excluding ortho intramolecular Hbond substituents is 3. The topological polar surface area (TPSA) is 177 Å². The first-order chi connectivity index (χ1) is 15.1. The van der Waals surface area contributed by atoms with Crippen molar-refractivity contribution in [2.45, 2.75) is 44.1 Å². The second kappa shape index (κ2) is 7.99. The number of ether oxygens (including phenoxy) is 2. The van der Waals surface area contributed by atoms with Crippen LogP contribution in [0.1, 0.15) is 28.4 Å². The Kier molecular flexibility index (Phi) is 5.47. The highest BCUT2D eigenvalue weighted by Gasteiger charge is 2.44. The molecule has 0 saturated carbocycles. The van der Waals surface area contributed by atoms with Crippen molar-refractivity contribution in [3.63, 3.8) is 0 Å². The Bertz CT molecular complexity index is 1090. The van der Waals surface area contributed by atoms with Crippen LogP contribution in [0.2, 0.25) is 0 Å². The van der Waals surface area contributed by atoms with Crippen molar-refractivity contribution >= 4 is 11.4 Å². The number of hydrogen-bond acceptors (Lipinski definition) is 10. The molecule has 1 saturated heterocycles. The van der Waals surface area contributed by atoms with Gasteiger partial charge in [0.2, 0.25) is 12.1 Å². The van der Waals surface area contributed by atoms with Crippen molar-refractivity contribution in [1.29, 1.82) is 0 Å². The number of fused-ring (bicyclic) bond motifs is 1. The molecule has 0 bridgehead atoms. The van der Waals surface area contributed by atoms with Crippen molar-refractivity contribution in [3.05, 3.63) is 52.8 Å². The third-order valence-corrected chi connectivity index (χ3v) is 5.69. The van der Waals surface area contributed by atoms with E-state index in [2.05, 4.69) is 0 Å². The second-order valence-corrected chi connectivity index (χ2v) is 7.78. The summed E-state index contributed by atoms with van der Waals surface area (Å²) in [5.74, 6) is -2.97. The molecule has 0 amide bonds. The molecule has 5 atom stereocenters. The summed E-state index contributed by atoms with van der Waals surface area (Å²) in [6.07, 6.45) is -7.11. The maximum absolute atomic E-state index is 12.7. The molecule has 0 radical (unpaired) electrons. The molecule has 7 N–H and O–H groups in total. The van der Waals surface area contributed by atoms with E-state index in [1.807, 2.05) is 0 Å². The zero-order valence-electron chi connectivity index (χ0n) is 16.8. The monoisotopic (exact) mass is 446 g/mol. The Morgan fingerprint density at radius 1 is 0.969 bits per heavy atom. The maximum atomic E-state index is 12.7. The third-order valence-electron chi connectivity index (χ3n) is 5.69. The van der Waals surface area contributed by atoms with Gasteiger partial charge in [0.15, 0.2) is 17.3 Å². The number of carbonyl (C=O) groups is 1. The van der Waals surface area contributed by atoms with Gasteiger partial charge in [0, 0.05) is 23.6 Å². The summed E-state index contributed by atoms with van der Waals surface area (Å²) in [6.45, 7) is 1.45. The van der Waals surface area contributed by atoms with Gasteiger partial charge in [-0.15, -0.1) is 0 Å². The van der Waals surface area contributed by atoms with Gasteiger partial charge in [-0.05, 0) is 24.6 Å². The van der Waals surface area contributed by atoms with Crippen molar-refractivity contribution in [2.24, 2.45) is 0 Å². The molecule has 10 nitrogen and oxygen atoms in total. The molecule has 170 valence electrons. The van der Waals surface area contributed by atoms with E-state index in [9.17, 15) is 40.5 Å². The van der Waals surface area contributed by atoms with E-state index >= 15 is 0 Å². The molecule has 10 heteroatoms. The highest BCUT2D eigenvalue weighted by atomic mass is 16.7. The molecule has 1 heterocycles. The molecule has 1 aliphatic carbocycles. The molecule has 4 rings (SSSR count). The molecule has 2 aromatic rings. The highest BCUT2D eigenvalue weighted by Crippen LogP contribution is 2.45. The summed E-state index contributed by atoms with van der Waals surface area (Å²) in [5.41, 5.74) is 0.255. The standard InChI is InChI=1S/C22H22O10/c1-8-16(25)20(29)21(30)22(31-8)32-14-7-13(24)15-12(17(14)26)6-11(18(27)19(15)28)9-2-4-10(23)5-3-9/h2-5,7-8,16,20-27,29-30H,6H2,1H3/t8-,16-,20+,21+,22-/m0/s1. The minimum atomic E-state index is -1.66. The smallest absolute Gasteiger partial charge is 0.231 e. The number of carbonyl (C=O) groups excluding carboxylic acids is 1. The van der Waals surface area contributed by atoms with E-state index in [4.69, 9.17) is 9.47 Å². The number of hydrogen-bond donors (Lipinski definition) is 7. The predicted molar refractivity (Wildman–Crippen MR) is 108 cm³/mol. The van der Waals surface area contributed by atoms with Gasteiger partial charge in [0.25, 0.3) is 0 Å². The normalized spacial score (nSPS) is 27.9. The Morgan fingerprint density at radius 3 is 2.28 bits per heavy atom. The van der Waals surface area contributed by atoms with E-state index < -0.39 is 53.7 Å². The van der Waals surface area contributed by atoms with Crippen molar-refractivity contribution in [3.8, 4) is 23.0 Å². The molecule has 32 heavy (non-hydrogen) atoms. The van der Waals surface area contributed by atoms with Gasteiger partial charge in [0.1, 0.15) is 29.8 Å². The van der Waals surface area contributed by atoms with Crippen LogP contribution in [0.15, 0.2) is 36.1 Å². The molecule has 0 unspecified atom stereocenters. The van der Waals surface area contributed by atoms with Crippen molar-refractivity contribution in [1.82, 2.24) is 0 Å². The number of aliphatic hydroxyl groups is 4. The average Bonchev–Trinajstić information content (AvgIpc) is 2.76. The fourth-order valence-corrected chi connectivity index (χ4v) is 3.85. The summed E-state index contributed by atoms with van der Waals surface area (Å²) < 4.78 is 10.8. The summed E-state index contributed by atoms with van der Waals surface area (Å²) in [6, 6.07) is 6.64. The number of phenols is 3. The summed E-state index contributed by atoms with van der Waals surface area (Å²) in [4.78, 5) is 12.7. The van der Waals surface area contributed by atoms with Crippen LogP contribution in [0.3, 0.4) is 0 Å². The van der Waals surface area contributed by atoms with Crippen LogP contribution in [0.4, 0.5) is 0 Å². The Balaban J connectivity index is 1.71. The van der Waals surface area contributed by atoms with Crippen LogP contribution in [-0.2, 0) is 11.2 Å². The summed E-state index contributed by atoms with van der Waals surface area (Å²) in [5, 5.41) is 71.0. The zero-order chi connectivity index (χ0) is 23.3. The Morgan fingerprint density at radius 2 is 1.62 bits per heavy atom. The van der Waals surface area contributed by atoms with Crippen LogP contribution in [-0.4, -0.2) is 72.2 Å². The van der Waals surface area contributed by atoms with Crippen LogP contribution in [0.25, 0.3) is 5.57 Å². The van der Waals surface area contributed by atoms with Gasteiger partial charge in [-0.3, -0.25) is 4.79 Å². The summed E-state index contributed by atoms with van der Waals surface area (Å²) >= 11 is 0. The van der Waals surface area contributed by atoms with E-state index in [0.29, 0.717) is 5.56 Å². The Hall–Kier alpha value is -3.31. The first-order valence-electron chi connectivity index (χ1n) is 9.80. The molecule has 0 spiro atoms. The van der Waals surface area contributed by atoms with Crippen molar-refractivity contribution < 1.29 is 50.0 Å². The van der Waals surface area contributed by atoms with Crippen LogP contribution in [0, 0.1) is 0 Å². The van der Waals surface area contributed by atoms with E-state index in [0.717, 1.165) is 6.07 Å². The number of aromatic hydroxyl groups is 3. The average molecular weight is 446 g/mol. The zero-order valence-corrected chi connectivity index (χ0v) is 16.8. The molecular weight excluding hydrogens is 424 g/mol. The van der Waals surface area contributed by atoms with Crippen molar-refractivity contribution in [2.75, 3.05) is 0 Å². The molecule has 2 aromatic carbocycles. The lowest BCUT2D eigenvalue weighted by Crippen LogP contribution is -2.58. The molecular formula is C22H22O10.